The van der Waals surface area contributed by atoms with Crippen LogP contribution in [0.5, 0.6) is 0 Å². The first-order valence-corrected chi connectivity index (χ1v) is 9.34. The highest BCUT2D eigenvalue weighted by atomic mass is 35.5. The Kier molecular flexibility index (Phi) is 9.10. The van der Waals surface area contributed by atoms with Crippen LogP contribution >= 0.6 is 12.4 Å². The highest BCUT2D eigenvalue weighted by molar-refractivity contribution is 7.89. The molecule has 0 saturated heterocycles. The molecule has 7 heteroatoms. The summed E-state index contributed by atoms with van der Waals surface area (Å²) in [5.74, 6) is 0. The summed E-state index contributed by atoms with van der Waals surface area (Å²) < 4.78 is 32.7. The summed E-state index contributed by atoms with van der Waals surface area (Å²) in [4.78, 5) is 0.282. The Balaban J connectivity index is 0.00000312. The van der Waals surface area contributed by atoms with Crippen LogP contribution in [-0.4, -0.2) is 32.9 Å². The number of rotatable bonds is 9. The van der Waals surface area contributed by atoms with Gasteiger partial charge in [0.1, 0.15) is 0 Å². The monoisotopic (exact) mass is 384 g/mol. The number of hydrogen-bond donors (Lipinski definition) is 1. The summed E-state index contributed by atoms with van der Waals surface area (Å²) in [5, 5.41) is 0. The maximum absolute atomic E-state index is 13.0. The summed E-state index contributed by atoms with van der Waals surface area (Å²) in [7, 11) is -2.00. The second-order valence-corrected chi connectivity index (χ2v) is 7.48. The van der Waals surface area contributed by atoms with Gasteiger partial charge in [0.15, 0.2) is 0 Å². The van der Waals surface area contributed by atoms with Crippen molar-refractivity contribution < 1.29 is 13.2 Å². The number of methoxy groups -OCH3 is 1. The second-order valence-electron chi connectivity index (χ2n) is 5.55. The first-order valence-electron chi connectivity index (χ1n) is 7.90. The average Bonchev–Trinajstić information content (AvgIpc) is 2.60. The third-order valence-corrected chi connectivity index (χ3v) is 5.50. The molecule has 0 fully saturated rings. The van der Waals surface area contributed by atoms with E-state index in [9.17, 15) is 8.42 Å². The normalized spacial score (nSPS) is 11.3. The Morgan fingerprint density at radius 3 is 2.36 bits per heavy atom. The van der Waals surface area contributed by atoms with Crippen LogP contribution in [0.3, 0.4) is 0 Å². The lowest BCUT2D eigenvalue weighted by Gasteiger charge is -2.22. The van der Waals surface area contributed by atoms with Crippen LogP contribution < -0.4 is 5.73 Å². The van der Waals surface area contributed by atoms with Gasteiger partial charge in [0.25, 0.3) is 0 Å². The van der Waals surface area contributed by atoms with Gasteiger partial charge in [-0.1, -0.05) is 42.5 Å². The number of sulfonamides is 1. The zero-order chi connectivity index (χ0) is 17.4. The Bertz CT molecular complexity index is 739. The van der Waals surface area contributed by atoms with E-state index in [1.54, 1.807) is 25.3 Å². The maximum Gasteiger partial charge on any atom is 0.243 e. The van der Waals surface area contributed by atoms with Crippen molar-refractivity contribution in [2.24, 2.45) is 5.73 Å². The SMILES string of the molecule is COCc1cccc(S(=O)(=O)N(CCCN)Cc2ccccc2)c1.Cl. The zero-order valence-electron chi connectivity index (χ0n) is 14.3. The highest BCUT2D eigenvalue weighted by Gasteiger charge is 2.24. The summed E-state index contributed by atoms with van der Waals surface area (Å²) in [5.41, 5.74) is 7.36. The van der Waals surface area contributed by atoms with E-state index in [0.717, 1.165) is 11.1 Å². The summed E-state index contributed by atoms with van der Waals surface area (Å²) in [6, 6.07) is 16.4. The fraction of sp³-hybridized carbons (Fsp3) is 0.333. The Hall–Kier alpha value is -1.44. The molecule has 138 valence electrons. The predicted octanol–water partition coefficient (Wildman–Crippen LogP) is 2.79. The molecule has 0 heterocycles. The fourth-order valence-electron chi connectivity index (χ4n) is 2.45. The number of nitrogens with zero attached hydrogens (tertiary/aromatic N) is 1. The molecule has 0 aliphatic carbocycles. The van der Waals surface area contributed by atoms with Gasteiger partial charge in [-0.15, -0.1) is 12.4 Å². The topological polar surface area (TPSA) is 72.6 Å². The molecule has 0 spiro atoms. The molecule has 0 bridgehead atoms. The smallest absolute Gasteiger partial charge is 0.243 e. The third-order valence-electron chi connectivity index (χ3n) is 3.66. The lowest BCUT2D eigenvalue weighted by atomic mass is 10.2. The second kappa shape index (κ2) is 10.5. The zero-order valence-corrected chi connectivity index (χ0v) is 15.9. The molecule has 0 amide bonds. The summed E-state index contributed by atoms with van der Waals surface area (Å²) >= 11 is 0. The molecule has 0 radical (unpaired) electrons. The lowest BCUT2D eigenvalue weighted by Crippen LogP contribution is -2.32. The van der Waals surface area contributed by atoms with E-state index >= 15 is 0 Å². The van der Waals surface area contributed by atoms with E-state index in [1.807, 2.05) is 36.4 Å². The quantitative estimate of drug-likeness (QED) is 0.721. The lowest BCUT2D eigenvalue weighted by molar-refractivity contribution is 0.184. The molecule has 5 nitrogen and oxygen atoms in total. The Morgan fingerprint density at radius 2 is 1.72 bits per heavy atom. The van der Waals surface area contributed by atoms with Crippen molar-refractivity contribution in [2.45, 2.75) is 24.5 Å². The van der Waals surface area contributed by atoms with Crippen LogP contribution in [0.25, 0.3) is 0 Å². The minimum atomic E-state index is -3.59. The van der Waals surface area contributed by atoms with Crippen LogP contribution in [0.2, 0.25) is 0 Å². The van der Waals surface area contributed by atoms with Crippen LogP contribution in [-0.2, 0) is 27.9 Å². The molecule has 0 atom stereocenters. The Labute approximate surface area is 156 Å². The molecular formula is C18H25ClN2O3S. The van der Waals surface area contributed by atoms with Gasteiger partial charge in [-0.3, -0.25) is 0 Å². The van der Waals surface area contributed by atoms with Gasteiger partial charge in [0.2, 0.25) is 10.0 Å². The number of halogens is 1. The molecule has 0 aliphatic heterocycles. The van der Waals surface area contributed by atoms with Crippen LogP contribution in [0.1, 0.15) is 17.5 Å². The van der Waals surface area contributed by atoms with Gasteiger partial charge in [0, 0.05) is 20.2 Å². The standard InChI is InChI=1S/C18H24N2O3S.ClH/c1-23-15-17-9-5-10-18(13-17)24(21,22)20(12-6-11-19)14-16-7-3-2-4-8-16;/h2-5,7-10,13H,6,11-12,14-15,19H2,1H3;1H. The first-order chi connectivity index (χ1) is 11.6. The molecule has 2 rings (SSSR count). The van der Waals surface area contributed by atoms with Crippen molar-refractivity contribution in [3.8, 4) is 0 Å². The minimum Gasteiger partial charge on any atom is -0.380 e. The van der Waals surface area contributed by atoms with Crippen molar-refractivity contribution in [3.63, 3.8) is 0 Å². The van der Waals surface area contributed by atoms with Crippen molar-refractivity contribution >= 4 is 22.4 Å². The van der Waals surface area contributed by atoms with Gasteiger partial charge in [-0.05, 0) is 36.2 Å². The van der Waals surface area contributed by atoms with E-state index in [4.69, 9.17) is 10.5 Å². The van der Waals surface area contributed by atoms with E-state index in [1.165, 1.54) is 4.31 Å². The van der Waals surface area contributed by atoms with E-state index < -0.39 is 10.0 Å². The van der Waals surface area contributed by atoms with Crippen molar-refractivity contribution in [3.05, 3.63) is 65.7 Å². The highest BCUT2D eigenvalue weighted by Crippen LogP contribution is 2.20. The van der Waals surface area contributed by atoms with Crippen LogP contribution in [0.15, 0.2) is 59.5 Å². The largest absolute Gasteiger partial charge is 0.380 e. The number of hydrogen-bond acceptors (Lipinski definition) is 4. The molecule has 0 saturated carbocycles. The minimum absolute atomic E-state index is 0. The maximum atomic E-state index is 13.0. The van der Waals surface area contributed by atoms with Crippen molar-refractivity contribution in [1.82, 2.24) is 4.31 Å². The molecule has 2 aromatic rings. The van der Waals surface area contributed by atoms with Gasteiger partial charge < -0.3 is 10.5 Å². The van der Waals surface area contributed by atoms with E-state index in [2.05, 4.69) is 0 Å². The van der Waals surface area contributed by atoms with Crippen LogP contribution in [0, 0.1) is 0 Å². The number of benzene rings is 2. The van der Waals surface area contributed by atoms with Gasteiger partial charge in [-0.25, -0.2) is 8.42 Å². The third kappa shape index (κ3) is 6.09. The predicted molar refractivity (Wildman–Crippen MR) is 102 cm³/mol. The van der Waals surface area contributed by atoms with Crippen molar-refractivity contribution in [1.29, 1.82) is 0 Å². The molecule has 0 aromatic heterocycles. The van der Waals surface area contributed by atoms with E-state index in [-0.39, 0.29) is 17.3 Å². The number of ether oxygens (including phenoxy) is 1. The van der Waals surface area contributed by atoms with Gasteiger partial charge in [-0.2, -0.15) is 4.31 Å². The summed E-state index contributed by atoms with van der Waals surface area (Å²) in [6.45, 7) is 1.55. The van der Waals surface area contributed by atoms with E-state index in [0.29, 0.717) is 32.7 Å². The fourth-order valence-corrected chi connectivity index (χ4v) is 3.99. The Morgan fingerprint density at radius 1 is 1.04 bits per heavy atom. The molecule has 2 N–H and O–H groups in total. The first kappa shape index (κ1) is 21.6. The molecule has 0 aliphatic rings. The summed E-state index contributed by atoms with van der Waals surface area (Å²) in [6.07, 6.45) is 0.615. The molecule has 2 aromatic carbocycles. The van der Waals surface area contributed by atoms with Gasteiger partial charge >= 0.3 is 0 Å². The van der Waals surface area contributed by atoms with Crippen molar-refractivity contribution in [2.75, 3.05) is 20.2 Å². The molecule has 25 heavy (non-hydrogen) atoms. The molecule has 0 unspecified atom stereocenters. The molecular weight excluding hydrogens is 360 g/mol. The average molecular weight is 385 g/mol. The number of nitrogens with two attached hydrogens (primary N) is 1. The van der Waals surface area contributed by atoms with Gasteiger partial charge in [0.05, 0.1) is 11.5 Å². The van der Waals surface area contributed by atoms with Crippen LogP contribution in [0.4, 0.5) is 0 Å².